The van der Waals surface area contributed by atoms with Crippen LogP contribution in [0.3, 0.4) is 0 Å². The number of imidazole rings is 1. The van der Waals surface area contributed by atoms with E-state index in [2.05, 4.69) is 9.71 Å². The van der Waals surface area contributed by atoms with Crippen molar-refractivity contribution in [1.82, 2.24) is 9.38 Å². The highest BCUT2D eigenvalue weighted by Crippen LogP contribution is 2.27. The van der Waals surface area contributed by atoms with Crippen molar-refractivity contribution in [1.29, 1.82) is 0 Å². The van der Waals surface area contributed by atoms with Crippen LogP contribution in [0, 0.1) is 6.92 Å². The Hall–Kier alpha value is -2.06. The summed E-state index contributed by atoms with van der Waals surface area (Å²) in [5.74, 6) is 0. The minimum atomic E-state index is -3.76. The number of thiazole rings is 1. The van der Waals surface area contributed by atoms with Gasteiger partial charge in [-0.05, 0) is 37.3 Å². The number of hydrogen-bond donors (Lipinski definition) is 1. The fourth-order valence-corrected chi connectivity index (χ4v) is 4.90. The van der Waals surface area contributed by atoms with Crippen molar-refractivity contribution in [2.45, 2.75) is 11.8 Å². The maximum Gasteiger partial charge on any atom is 0.261 e. The third-order valence-electron chi connectivity index (χ3n) is 4.02. The molecule has 0 bridgehead atoms. The number of anilines is 1. The lowest BCUT2D eigenvalue weighted by Crippen LogP contribution is -2.12. The molecule has 2 heterocycles. The van der Waals surface area contributed by atoms with Crippen molar-refractivity contribution in [2.24, 2.45) is 0 Å². The summed E-state index contributed by atoms with van der Waals surface area (Å²) in [7, 11) is -3.76. The highest BCUT2D eigenvalue weighted by atomic mass is 35.5. The van der Waals surface area contributed by atoms with Crippen LogP contribution in [-0.2, 0) is 10.0 Å². The largest absolute Gasteiger partial charge is 0.294 e. The van der Waals surface area contributed by atoms with Crippen LogP contribution in [-0.4, -0.2) is 17.8 Å². The summed E-state index contributed by atoms with van der Waals surface area (Å²) in [6.07, 6.45) is 1.97. The van der Waals surface area contributed by atoms with E-state index in [1.165, 1.54) is 18.2 Å². The van der Waals surface area contributed by atoms with Crippen molar-refractivity contribution < 1.29 is 8.42 Å². The van der Waals surface area contributed by atoms with E-state index < -0.39 is 10.0 Å². The minimum Gasteiger partial charge on any atom is -0.294 e. The van der Waals surface area contributed by atoms with Crippen molar-refractivity contribution in [2.75, 3.05) is 4.72 Å². The number of benzene rings is 2. The molecule has 0 amide bonds. The highest BCUT2D eigenvalue weighted by molar-refractivity contribution is 7.92. The summed E-state index contributed by atoms with van der Waals surface area (Å²) in [4.78, 5) is 5.56. The topological polar surface area (TPSA) is 63.5 Å². The number of aryl methyl sites for hydroxylation is 1. The first-order valence-corrected chi connectivity index (χ1v) is 11.0. The molecule has 0 aliphatic rings. The van der Waals surface area contributed by atoms with Gasteiger partial charge in [-0.2, -0.15) is 0 Å². The van der Waals surface area contributed by atoms with E-state index >= 15 is 0 Å². The Morgan fingerprint density at radius 1 is 1.07 bits per heavy atom. The first kappa shape index (κ1) is 18.3. The van der Waals surface area contributed by atoms with E-state index in [0.29, 0.717) is 10.7 Å². The average molecular weight is 438 g/mol. The molecule has 138 valence electrons. The Kier molecular flexibility index (Phi) is 4.63. The molecule has 2 aromatic carbocycles. The highest BCUT2D eigenvalue weighted by Gasteiger charge is 2.16. The summed E-state index contributed by atoms with van der Waals surface area (Å²) in [5, 5.41) is 2.53. The van der Waals surface area contributed by atoms with Crippen LogP contribution < -0.4 is 4.72 Å². The van der Waals surface area contributed by atoms with Crippen LogP contribution in [0.5, 0.6) is 0 Å². The molecule has 0 aliphatic carbocycles. The Balaban J connectivity index is 1.59. The van der Waals surface area contributed by atoms with Crippen LogP contribution in [0.1, 0.15) is 5.69 Å². The Morgan fingerprint density at radius 3 is 2.48 bits per heavy atom. The second-order valence-corrected chi connectivity index (χ2v) is 9.25. The number of fused-ring (bicyclic) bond motifs is 1. The Bertz CT molecular complexity index is 1250. The second kappa shape index (κ2) is 6.83. The number of aromatic nitrogens is 2. The molecule has 0 saturated heterocycles. The molecule has 0 atom stereocenters. The van der Waals surface area contributed by atoms with Crippen LogP contribution in [0.2, 0.25) is 10.0 Å². The van der Waals surface area contributed by atoms with Crippen molar-refractivity contribution >= 4 is 55.2 Å². The molecule has 0 spiro atoms. The predicted octanol–water partition coefficient (Wildman–Crippen LogP) is 5.48. The zero-order chi connectivity index (χ0) is 19.2. The van der Waals surface area contributed by atoms with Gasteiger partial charge >= 0.3 is 0 Å². The van der Waals surface area contributed by atoms with Crippen LogP contribution in [0.15, 0.2) is 58.9 Å². The molecule has 5 nitrogen and oxygen atoms in total. The van der Waals surface area contributed by atoms with Gasteiger partial charge in [0.2, 0.25) is 0 Å². The van der Waals surface area contributed by atoms with Gasteiger partial charge in [0.15, 0.2) is 4.96 Å². The first-order chi connectivity index (χ1) is 12.8. The lowest BCUT2D eigenvalue weighted by molar-refractivity contribution is 0.601. The van der Waals surface area contributed by atoms with Gasteiger partial charge < -0.3 is 0 Å². The standard InChI is InChI=1S/C18H13Cl2N3O2S2/c1-11-10-26-18-21-17(9-23(11)18)12-2-4-13(5-3-12)22-27(24,25)14-6-7-15(19)16(20)8-14/h2-10,22H,1H3. The first-order valence-electron chi connectivity index (χ1n) is 7.85. The van der Waals surface area contributed by atoms with Gasteiger partial charge in [-0.1, -0.05) is 35.3 Å². The predicted molar refractivity (Wildman–Crippen MR) is 111 cm³/mol. The van der Waals surface area contributed by atoms with Gasteiger partial charge in [0.05, 0.1) is 20.6 Å². The van der Waals surface area contributed by atoms with E-state index in [0.717, 1.165) is 21.9 Å². The SMILES string of the molecule is Cc1csc2nc(-c3ccc(NS(=O)(=O)c4ccc(Cl)c(Cl)c4)cc3)cn12. The summed E-state index contributed by atoms with van der Waals surface area (Å²) < 4.78 is 29.6. The smallest absolute Gasteiger partial charge is 0.261 e. The maximum atomic E-state index is 12.5. The Labute approximate surface area is 170 Å². The molecule has 1 N–H and O–H groups in total. The molecule has 0 unspecified atom stereocenters. The minimum absolute atomic E-state index is 0.0470. The van der Waals surface area contributed by atoms with Crippen LogP contribution in [0.4, 0.5) is 5.69 Å². The Morgan fingerprint density at radius 2 is 1.81 bits per heavy atom. The fraction of sp³-hybridized carbons (Fsp3) is 0.0556. The molecule has 0 fully saturated rings. The zero-order valence-corrected chi connectivity index (χ0v) is 17.1. The van der Waals surface area contributed by atoms with Crippen LogP contribution >= 0.6 is 34.5 Å². The number of halogens is 2. The molecule has 4 aromatic rings. The van der Waals surface area contributed by atoms with Crippen molar-refractivity contribution in [3.05, 3.63) is 69.8 Å². The number of hydrogen-bond acceptors (Lipinski definition) is 4. The van der Waals surface area contributed by atoms with Crippen molar-refractivity contribution in [3.8, 4) is 11.3 Å². The normalized spacial score (nSPS) is 11.8. The van der Waals surface area contributed by atoms with E-state index in [1.54, 1.807) is 23.5 Å². The molecule has 0 aliphatic heterocycles. The maximum absolute atomic E-state index is 12.5. The van der Waals surface area contributed by atoms with Gasteiger partial charge in [-0.25, -0.2) is 13.4 Å². The third kappa shape index (κ3) is 3.55. The van der Waals surface area contributed by atoms with Gasteiger partial charge in [0.1, 0.15) is 0 Å². The van der Waals surface area contributed by atoms with Gasteiger partial charge in [0, 0.05) is 28.5 Å². The molecule has 9 heteroatoms. The number of rotatable bonds is 4. The van der Waals surface area contributed by atoms with Crippen LogP contribution in [0.25, 0.3) is 16.2 Å². The zero-order valence-electron chi connectivity index (χ0n) is 14.0. The quantitative estimate of drug-likeness (QED) is 0.459. The number of sulfonamides is 1. The summed E-state index contributed by atoms with van der Waals surface area (Å²) in [5.41, 5.74) is 3.31. The van der Waals surface area contributed by atoms with E-state index in [9.17, 15) is 8.42 Å². The van der Waals surface area contributed by atoms with Crippen molar-refractivity contribution in [3.63, 3.8) is 0 Å². The fourth-order valence-electron chi connectivity index (χ4n) is 2.60. The molecular weight excluding hydrogens is 425 g/mol. The number of nitrogens with one attached hydrogen (secondary N) is 1. The van der Waals surface area contributed by atoms with E-state index in [4.69, 9.17) is 23.2 Å². The van der Waals surface area contributed by atoms with E-state index in [1.807, 2.05) is 35.0 Å². The third-order valence-corrected chi connectivity index (χ3v) is 7.10. The second-order valence-electron chi connectivity index (χ2n) is 5.91. The molecular formula is C18H13Cl2N3O2S2. The monoisotopic (exact) mass is 437 g/mol. The lowest BCUT2D eigenvalue weighted by Gasteiger charge is -2.09. The summed E-state index contributed by atoms with van der Waals surface area (Å²) in [6, 6.07) is 11.2. The van der Waals surface area contributed by atoms with E-state index in [-0.39, 0.29) is 9.92 Å². The lowest BCUT2D eigenvalue weighted by atomic mass is 10.1. The molecule has 27 heavy (non-hydrogen) atoms. The summed E-state index contributed by atoms with van der Waals surface area (Å²) in [6.45, 7) is 2.02. The van der Waals surface area contributed by atoms with Gasteiger partial charge in [0.25, 0.3) is 10.0 Å². The molecule has 0 radical (unpaired) electrons. The molecule has 2 aromatic heterocycles. The average Bonchev–Trinajstić information content (AvgIpc) is 3.20. The van der Waals surface area contributed by atoms with Gasteiger partial charge in [-0.15, -0.1) is 11.3 Å². The number of nitrogens with zero attached hydrogens (tertiary/aromatic N) is 2. The molecule has 0 saturated carbocycles. The van der Waals surface area contributed by atoms with Gasteiger partial charge in [-0.3, -0.25) is 9.12 Å². The summed E-state index contributed by atoms with van der Waals surface area (Å²) >= 11 is 13.3. The molecule has 4 rings (SSSR count).